The number of rotatable bonds is 1. The Morgan fingerprint density at radius 1 is 0.929 bits per heavy atom. The lowest BCUT2D eigenvalue weighted by Gasteiger charge is -2.38. The van der Waals surface area contributed by atoms with Crippen LogP contribution in [0.2, 0.25) is 0 Å². The van der Waals surface area contributed by atoms with Crippen LogP contribution in [0.4, 0.5) is 0 Å². The molecule has 0 aromatic rings. The molecule has 0 aliphatic heterocycles. The summed E-state index contributed by atoms with van der Waals surface area (Å²) in [5, 5.41) is 10.0. The SMILES string of the molecule is CC1CCCC(C2CCCCC2O)C1. The molecule has 0 radical (unpaired) electrons. The summed E-state index contributed by atoms with van der Waals surface area (Å²) in [7, 11) is 0. The second-order valence-corrected chi connectivity index (χ2v) is 5.55. The van der Waals surface area contributed by atoms with Gasteiger partial charge in [-0.2, -0.15) is 0 Å². The molecular formula is C13H24O. The molecule has 2 saturated carbocycles. The average molecular weight is 196 g/mol. The lowest BCUT2D eigenvalue weighted by Crippen LogP contribution is -2.33. The highest BCUT2D eigenvalue weighted by molar-refractivity contribution is 4.83. The van der Waals surface area contributed by atoms with E-state index in [0.717, 1.165) is 18.3 Å². The molecule has 2 aliphatic carbocycles. The summed E-state index contributed by atoms with van der Waals surface area (Å²) < 4.78 is 0. The van der Waals surface area contributed by atoms with E-state index in [1.54, 1.807) is 0 Å². The van der Waals surface area contributed by atoms with Crippen LogP contribution in [0, 0.1) is 17.8 Å². The van der Waals surface area contributed by atoms with Crippen molar-refractivity contribution >= 4 is 0 Å². The van der Waals surface area contributed by atoms with E-state index in [9.17, 15) is 5.11 Å². The maximum absolute atomic E-state index is 10.0. The summed E-state index contributed by atoms with van der Waals surface area (Å²) in [4.78, 5) is 0. The van der Waals surface area contributed by atoms with Crippen molar-refractivity contribution in [3.8, 4) is 0 Å². The monoisotopic (exact) mass is 196 g/mol. The molecule has 2 rings (SSSR count). The third-order valence-corrected chi connectivity index (χ3v) is 4.36. The average Bonchev–Trinajstić information content (AvgIpc) is 2.18. The third-order valence-electron chi connectivity index (χ3n) is 4.36. The highest BCUT2D eigenvalue weighted by Crippen LogP contribution is 2.40. The predicted octanol–water partition coefficient (Wildman–Crippen LogP) is 3.36. The summed E-state index contributed by atoms with van der Waals surface area (Å²) in [5.74, 6) is 2.39. The minimum atomic E-state index is 0.0269. The molecule has 4 unspecified atom stereocenters. The van der Waals surface area contributed by atoms with Crippen LogP contribution in [0.5, 0.6) is 0 Å². The van der Waals surface area contributed by atoms with Gasteiger partial charge in [-0.1, -0.05) is 39.0 Å². The summed E-state index contributed by atoms with van der Waals surface area (Å²) in [6.45, 7) is 2.38. The molecule has 2 aliphatic rings. The minimum Gasteiger partial charge on any atom is -0.393 e. The van der Waals surface area contributed by atoms with E-state index in [-0.39, 0.29) is 6.10 Å². The normalized spacial score (nSPS) is 45.0. The van der Waals surface area contributed by atoms with Crippen molar-refractivity contribution in [2.24, 2.45) is 17.8 Å². The molecule has 0 aromatic heterocycles. The smallest absolute Gasteiger partial charge is 0.0571 e. The molecule has 1 nitrogen and oxygen atoms in total. The van der Waals surface area contributed by atoms with E-state index in [1.807, 2.05) is 0 Å². The molecule has 0 saturated heterocycles. The van der Waals surface area contributed by atoms with E-state index in [2.05, 4.69) is 6.92 Å². The fourth-order valence-electron chi connectivity index (χ4n) is 3.56. The van der Waals surface area contributed by atoms with Crippen LogP contribution in [0.25, 0.3) is 0 Å². The van der Waals surface area contributed by atoms with Crippen LogP contribution < -0.4 is 0 Å². The minimum absolute atomic E-state index is 0.0269. The Morgan fingerprint density at radius 3 is 2.43 bits per heavy atom. The van der Waals surface area contributed by atoms with Crippen molar-refractivity contribution in [3.63, 3.8) is 0 Å². The molecule has 4 atom stereocenters. The van der Waals surface area contributed by atoms with E-state index >= 15 is 0 Å². The molecule has 0 heterocycles. The van der Waals surface area contributed by atoms with E-state index in [1.165, 1.54) is 44.9 Å². The molecule has 2 fully saturated rings. The Hall–Kier alpha value is -0.0400. The third kappa shape index (κ3) is 2.31. The standard InChI is InChI=1S/C13H24O/c1-10-5-4-6-11(9-10)12-7-2-3-8-13(12)14/h10-14H,2-9H2,1H3. The van der Waals surface area contributed by atoms with Gasteiger partial charge in [-0.05, 0) is 37.0 Å². The second-order valence-electron chi connectivity index (χ2n) is 5.55. The van der Waals surface area contributed by atoms with Gasteiger partial charge in [0.2, 0.25) is 0 Å². The molecule has 0 bridgehead atoms. The van der Waals surface area contributed by atoms with Gasteiger partial charge < -0.3 is 5.11 Å². The summed E-state index contributed by atoms with van der Waals surface area (Å²) in [6.07, 6.45) is 10.6. The zero-order valence-electron chi connectivity index (χ0n) is 9.41. The van der Waals surface area contributed by atoms with Crippen LogP contribution >= 0.6 is 0 Å². The van der Waals surface area contributed by atoms with Gasteiger partial charge in [0.1, 0.15) is 0 Å². The summed E-state index contributed by atoms with van der Waals surface area (Å²) >= 11 is 0. The highest BCUT2D eigenvalue weighted by atomic mass is 16.3. The first-order valence-corrected chi connectivity index (χ1v) is 6.45. The predicted molar refractivity (Wildman–Crippen MR) is 59.1 cm³/mol. The Kier molecular flexibility index (Phi) is 3.48. The molecule has 82 valence electrons. The van der Waals surface area contributed by atoms with E-state index < -0.39 is 0 Å². The highest BCUT2D eigenvalue weighted by Gasteiger charge is 2.32. The number of aliphatic hydroxyl groups is 1. The Labute approximate surface area is 87.9 Å². The van der Waals surface area contributed by atoms with Crippen molar-refractivity contribution in [2.45, 2.75) is 64.4 Å². The van der Waals surface area contributed by atoms with Crippen molar-refractivity contribution < 1.29 is 5.11 Å². The maximum Gasteiger partial charge on any atom is 0.0571 e. The number of hydrogen-bond donors (Lipinski definition) is 1. The van der Waals surface area contributed by atoms with Gasteiger partial charge in [-0.15, -0.1) is 0 Å². The zero-order valence-corrected chi connectivity index (χ0v) is 9.41. The first-order chi connectivity index (χ1) is 6.77. The maximum atomic E-state index is 10.0. The quantitative estimate of drug-likeness (QED) is 0.682. The van der Waals surface area contributed by atoms with Crippen LogP contribution in [0.15, 0.2) is 0 Å². The Morgan fingerprint density at radius 2 is 1.71 bits per heavy atom. The van der Waals surface area contributed by atoms with Gasteiger partial charge >= 0.3 is 0 Å². The van der Waals surface area contributed by atoms with Crippen LogP contribution in [-0.2, 0) is 0 Å². The van der Waals surface area contributed by atoms with Gasteiger partial charge in [0.25, 0.3) is 0 Å². The zero-order chi connectivity index (χ0) is 9.97. The topological polar surface area (TPSA) is 20.2 Å². The van der Waals surface area contributed by atoms with E-state index in [0.29, 0.717) is 5.92 Å². The van der Waals surface area contributed by atoms with Crippen molar-refractivity contribution in [1.29, 1.82) is 0 Å². The molecule has 0 spiro atoms. The van der Waals surface area contributed by atoms with Gasteiger partial charge in [-0.3, -0.25) is 0 Å². The van der Waals surface area contributed by atoms with Crippen LogP contribution in [0.3, 0.4) is 0 Å². The lowest BCUT2D eigenvalue weighted by atomic mass is 9.70. The molecule has 0 amide bonds. The largest absolute Gasteiger partial charge is 0.393 e. The van der Waals surface area contributed by atoms with Gasteiger partial charge in [-0.25, -0.2) is 0 Å². The molecule has 1 N–H and O–H groups in total. The Bertz CT molecular complexity index is 178. The van der Waals surface area contributed by atoms with Crippen molar-refractivity contribution in [2.75, 3.05) is 0 Å². The summed E-state index contributed by atoms with van der Waals surface area (Å²) in [5.41, 5.74) is 0. The lowest BCUT2D eigenvalue weighted by molar-refractivity contribution is 0.0194. The van der Waals surface area contributed by atoms with Crippen molar-refractivity contribution in [3.05, 3.63) is 0 Å². The summed E-state index contributed by atoms with van der Waals surface area (Å²) in [6, 6.07) is 0. The fourth-order valence-corrected chi connectivity index (χ4v) is 3.56. The molecular weight excluding hydrogens is 172 g/mol. The first kappa shape index (κ1) is 10.5. The number of aliphatic hydroxyl groups excluding tert-OH is 1. The Balaban J connectivity index is 1.91. The van der Waals surface area contributed by atoms with E-state index in [4.69, 9.17) is 0 Å². The van der Waals surface area contributed by atoms with Crippen LogP contribution in [0.1, 0.15) is 58.3 Å². The van der Waals surface area contributed by atoms with Gasteiger partial charge in [0, 0.05) is 0 Å². The van der Waals surface area contributed by atoms with Crippen molar-refractivity contribution in [1.82, 2.24) is 0 Å². The van der Waals surface area contributed by atoms with Gasteiger partial charge in [0.05, 0.1) is 6.10 Å². The fraction of sp³-hybridized carbons (Fsp3) is 1.00. The van der Waals surface area contributed by atoms with Crippen LogP contribution in [-0.4, -0.2) is 11.2 Å². The number of hydrogen-bond acceptors (Lipinski definition) is 1. The second kappa shape index (κ2) is 4.65. The molecule has 0 aromatic carbocycles. The first-order valence-electron chi connectivity index (χ1n) is 6.45. The van der Waals surface area contributed by atoms with Gasteiger partial charge in [0.15, 0.2) is 0 Å². The molecule has 14 heavy (non-hydrogen) atoms. The molecule has 1 heteroatoms.